The maximum atomic E-state index is 12.7. The molecule has 4 aromatic rings. The first kappa shape index (κ1) is 18.4. The molecule has 3 aromatic heterocycles. The van der Waals surface area contributed by atoms with Crippen LogP contribution < -0.4 is 9.47 Å². The summed E-state index contributed by atoms with van der Waals surface area (Å²) in [6, 6.07) is 8.76. The number of ether oxygens (including phenoxy) is 2. The number of nitrogens with zero attached hydrogens (tertiary/aromatic N) is 3. The van der Waals surface area contributed by atoms with Crippen LogP contribution >= 0.6 is 11.8 Å². The summed E-state index contributed by atoms with van der Waals surface area (Å²) in [6.45, 7) is 0.979. The van der Waals surface area contributed by atoms with Crippen molar-refractivity contribution in [2.45, 2.75) is 5.16 Å². The summed E-state index contributed by atoms with van der Waals surface area (Å²) >= 11 is 1.22. The van der Waals surface area contributed by atoms with Crippen molar-refractivity contribution in [3.63, 3.8) is 0 Å². The van der Waals surface area contributed by atoms with E-state index in [9.17, 15) is 4.79 Å². The number of carbonyl (C=O) groups excluding carboxylic acids is 1. The molecule has 0 spiro atoms. The van der Waals surface area contributed by atoms with E-state index >= 15 is 0 Å². The molecule has 0 saturated heterocycles. The van der Waals surface area contributed by atoms with Crippen LogP contribution in [0.25, 0.3) is 22.5 Å². The highest BCUT2D eigenvalue weighted by Crippen LogP contribution is 2.32. The number of Topliss-reactive ketones (excluding diaryl/α,β-unsaturated/α-hetero) is 1. The first-order valence-electron chi connectivity index (χ1n) is 9.13. The van der Waals surface area contributed by atoms with E-state index < -0.39 is 0 Å². The Bertz CT molecular complexity index is 1180. The molecule has 1 aliphatic heterocycles. The zero-order valence-corrected chi connectivity index (χ0v) is 16.4. The monoisotopic (exact) mass is 421 g/mol. The van der Waals surface area contributed by atoms with E-state index in [0.717, 1.165) is 11.1 Å². The summed E-state index contributed by atoms with van der Waals surface area (Å²) in [5.74, 6) is 1.33. The van der Waals surface area contributed by atoms with Crippen LogP contribution in [0.5, 0.6) is 11.5 Å². The van der Waals surface area contributed by atoms with Crippen molar-refractivity contribution in [3.05, 3.63) is 60.9 Å². The van der Waals surface area contributed by atoms with Crippen LogP contribution in [0.3, 0.4) is 0 Å². The summed E-state index contributed by atoms with van der Waals surface area (Å²) in [6.07, 6.45) is 6.29. The quantitative estimate of drug-likeness (QED) is 0.336. The number of ketones is 1. The number of fused-ring (bicyclic) bond motifs is 1. The maximum Gasteiger partial charge on any atom is 0.210 e. The van der Waals surface area contributed by atoms with Gasteiger partial charge >= 0.3 is 0 Å². The lowest BCUT2D eigenvalue weighted by Crippen LogP contribution is -2.16. The lowest BCUT2D eigenvalue weighted by atomic mass is 10.1. The van der Waals surface area contributed by atoms with E-state index in [-0.39, 0.29) is 11.5 Å². The predicted octanol–water partition coefficient (Wildman–Crippen LogP) is 4.14. The number of aromatic nitrogens is 3. The van der Waals surface area contributed by atoms with Crippen LogP contribution in [-0.2, 0) is 0 Å². The van der Waals surface area contributed by atoms with Gasteiger partial charge in [-0.15, -0.1) is 10.2 Å². The van der Waals surface area contributed by atoms with Crippen molar-refractivity contribution in [2.24, 2.45) is 0 Å². The fourth-order valence-electron chi connectivity index (χ4n) is 3.00. The van der Waals surface area contributed by atoms with Gasteiger partial charge in [-0.2, -0.15) is 0 Å². The number of furan rings is 2. The standard InChI is InChI=1S/C21H15N3O5S/c25-16(13-1-2-17-18(9-13)29-8-7-28-17)12-30-21-22-19(14-3-5-26-10-14)20(23-24-21)15-4-6-27-11-15/h1-6,9-11H,7-8,12H2. The Morgan fingerprint density at radius 3 is 2.37 bits per heavy atom. The molecule has 30 heavy (non-hydrogen) atoms. The highest BCUT2D eigenvalue weighted by atomic mass is 32.2. The van der Waals surface area contributed by atoms with E-state index in [1.54, 1.807) is 55.4 Å². The number of carbonyl (C=O) groups is 1. The van der Waals surface area contributed by atoms with Gasteiger partial charge in [-0.3, -0.25) is 4.79 Å². The molecule has 8 nitrogen and oxygen atoms in total. The van der Waals surface area contributed by atoms with Gasteiger partial charge in [-0.25, -0.2) is 4.98 Å². The number of thioether (sulfide) groups is 1. The average Bonchev–Trinajstić information content (AvgIpc) is 3.51. The first-order valence-corrected chi connectivity index (χ1v) is 10.1. The fourth-order valence-corrected chi connectivity index (χ4v) is 3.68. The zero-order valence-electron chi connectivity index (χ0n) is 15.6. The number of hydrogen-bond acceptors (Lipinski definition) is 9. The minimum atomic E-state index is -0.0654. The van der Waals surface area contributed by atoms with E-state index in [4.69, 9.17) is 18.3 Å². The SMILES string of the molecule is O=C(CSc1nnc(-c2ccoc2)c(-c2ccoc2)n1)c1ccc2c(c1)OCCO2. The molecule has 0 N–H and O–H groups in total. The van der Waals surface area contributed by atoms with Gasteiger partial charge in [0.1, 0.15) is 24.6 Å². The van der Waals surface area contributed by atoms with Gasteiger partial charge < -0.3 is 18.3 Å². The Labute approximate surface area is 175 Å². The summed E-state index contributed by atoms with van der Waals surface area (Å²) in [5, 5.41) is 8.87. The summed E-state index contributed by atoms with van der Waals surface area (Å²) in [7, 11) is 0. The van der Waals surface area contributed by atoms with Gasteiger partial charge in [0.15, 0.2) is 17.3 Å². The molecule has 0 atom stereocenters. The Balaban J connectivity index is 1.36. The fraction of sp³-hybridized carbons (Fsp3) is 0.143. The number of rotatable bonds is 6. The van der Waals surface area contributed by atoms with Gasteiger partial charge in [-0.05, 0) is 30.3 Å². The van der Waals surface area contributed by atoms with E-state index in [0.29, 0.717) is 46.8 Å². The first-order chi connectivity index (χ1) is 14.8. The van der Waals surface area contributed by atoms with E-state index in [2.05, 4.69) is 15.2 Å². The molecule has 0 unspecified atom stereocenters. The molecule has 5 rings (SSSR count). The average molecular weight is 421 g/mol. The van der Waals surface area contributed by atoms with Crippen molar-refractivity contribution < 1.29 is 23.1 Å². The third-order valence-corrected chi connectivity index (χ3v) is 5.29. The molecule has 1 aliphatic rings. The van der Waals surface area contributed by atoms with Gasteiger partial charge in [0.2, 0.25) is 5.16 Å². The number of benzene rings is 1. The van der Waals surface area contributed by atoms with Crippen LogP contribution in [0, 0.1) is 0 Å². The molecule has 1 aromatic carbocycles. The second kappa shape index (κ2) is 8.03. The van der Waals surface area contributed by atoms with Crippen LogP contribution in [0.1, 0.15) is 10.4 Å². The topological polar surface area (TPSA) is 100 Å². The van der Waals surface area contributed by atoms with Crippen molar-refractivity contribution >= 4 is 17.5 Å². The predicted molar refractivity (Wildman–Crippen MR) is 108 cm³/mol. The third kappa shape index (κ3) is 3.67. The molecule has 0 aliphatic carbocycles. The highest BCUT2D eigenvalue weighted by Gasteiger charge is 2.18. The molecule has 150 valence electrons. The molecule has 0 amide bonds. The van der Waals surface area contributed by atoms with Crippen molar-refractivity contribution in [2.75, 3.05) is 19.0 Å². The van der Waals surface area contributed by atoms with Crippen LogP contribution in [-0.4, -0.2) is 39.9 Å². The van der Waals surface area contributed by atoms with Crippen LogP contribution in [0.2, 0.25) is 0 Å². The lowest BCUT2D eigenvalue weighted by molar-refractivity contribution is 0.102. The second-order valence-corrected chi connectivity index (χ2v) is 7.33. The number of hydrogen-bond donors (Lipinski definition) is 0. The van der Waals surface area contributed by atoms with Gasteiger partial charge in [-0.1, -0.05) is 11.8 Å². The van der Waals surface area contributed by atoms with E-state index in [1.165, 1.54) is 11.8 Å². The zero-order chi connectivity index (χ0) is 20.3. The van der Waals surface area contributed by atoms with Crippen molar-refractivity contribution in [3.8, 4) is 34.0 Å². The third-order valence-electron chi connectivity index (χ3n) is 4.45. The molecule has 4 heterocycles. The Morgan fingerprint density at radius 2 is 1.63 bits per heavy atom. The second-order valence-electron chi connectivity index (χ2n) is 6.39. The molecule has 0 fully saturated rings. The molecule has 0 saturated carbocycles. The smallest absolute Gasteiger partial charge is 0.210 e. The normalized spacial score (nSPS) is 12.7. The Hall–Kier alpha value is -3.59. The molecule has 0 radical (unpaired) electrons. The Morgan fingerprint density at radius 1 is 0.900 bits per heavy atom. The maximum absolute atomic E-state index is 12.7. The largest absolute Gasteiger partial charge is 0.486 e. The Kier molecular flexibility index (Phi) is 4.94. The summed E-state index contributed by atoms with van der Waals surface area (Å²) in [5.41, 5.74) is 3.25. The van der Waals surface area contributed by atoms with Gasteiger partial charge in [0.05, 0.1) is 30.8 Å². The van der Waals surface area contributed by atoms with Crippen molar-refractivity contribution in [1.82, 2.24) is 15.2 Å². The summed E-state index contributed by atoms with van der Waals surface area (Å²) in [4.78, 5) is 17.2. The lowest BCUT2D eigenvalue weighted by Gasteiger charge is -2.18. The van der Waals surface area contributed by atoms with Gasteiger partial charge in [0, 0.05) is 16.7 Å². The van der Waals surface area contributed by atoms with Crippen LogP contribution in [0.4, 0.5) is 0 Å². The molecular formula is C21H15N3O5S. The summed E-state index contributed by atoms with van der Waals surface area (Å²) < 4.78 is 21.4. The highest BCUT2D eigenvalue weighted by molar-refractivity contribution is 7.99. The minimum absolute atomic E-state index is 0.0654. The molecular weight excluding hydrogens is 406 g/mol. The van der Waals surface area contributed by atoms with E-state index in [1.807, 2.05) is 0 Å². The van der Waals surface area contributed by atoms with Crippen molar-refractivity contribution in [1.29, 1.82) is 0 Å². The molecule has 9 heteroatoms. The molecule has 0 bridgehead atoms. The van der Waals surface area contributed by atoms with Crippen LogP contribution in [0.15, 0.2) is 69.4 Å². The minimum Gasteiger partial charge on any atom is -0.486 e. The van der Waals surface area contributed by atoms with Gasteiger partial charge in [0.25, 0.3) is 0 Å².